The average Bonchev–Trinajstić information content (AvgIpc) is 0.812. The minimum atomic E-state index is -5.08. The molecule has 1 saturated heterocycles. The molecule has 1 fully saturated rings. The number of carboxylic acid groups (broad SMARTS) is 2. The van der Waals surface area contributed by atoms with Crippen molar-refractivity contribution in [2.45, 2.75) is 226 Å². The number of nitrogens with two attached hydrogens (primary N) is 2. The maximum Gasteiger partial charge on any atom is 0.490 e. The van der Waals surface area contributed by atoms with E-state index in [1.807, 2.05) is 24.5 Å². The largest absolute Gasteiger partial charge is 0.490 e. The van der Waals surface area contributed by atoms with Gasteiger partial charge in [0.15, 0.2) is 18.2 Å². The molecule has 21 N–H and O–H groups in total. The van der Waals surface area contributed by atoms with Gasteiger partial charge in [-0.3, -0.25) is 52.7 Å². The molecule has 0 spiro atoms. The number of carbonyl (C=O) groups excluding carboxylic acids is 12. The number of hydrogen-bond acceptors (Lipinski definition) is 23. The third-order valence-electron chi connectivity index (χ3n) is 15.9. The Balaban J connectivity index is 0.00000384. The minimum Gasteiger partial charge on any atom is -0.475 e. The van der Waals surface area contributed by atoms with Crippen molar-refractivity contribution < 1.29 is 129 Å². The lowest BCUT2D eigenvalue weighted by molar-refractivity contribution is -0.193. The number of aromatic nitrogens is 2. The van der Waals surface area contributed by atoms with Crippen molar-refractivity contribution in [3.8, 4) is 0 Å². The molecule has 3 rings (SSSR count). The Morgan fingerprint density at radius 3 is 1.59 bits per heavy atom. The zero-order chi connectivity index (χ0) is 83.9. The molecule has 1 aromatic heterocycles. The first kappa shape index (κ1) is 97.1. The van der Waals surface area contributed by atoms with E-state index in [0.29, 0.717) is 11.4 Å². The molecule has 0 aliphatic carbocycles. The van der Waals surface area contributed by atoms with Gasteiger partial charge in [-0.25, -0.2) is 24.4 Å². The Morgan fingerprint density at radius 1 is 0.624 bits per heavy atom. The zero-order valence-electron chi connectivity index (χ0n) is 62.4. The van der Waals surface area contributed by atoms with Crippen LogP contribution in [0.15, 0.2) is 36.4 Å². The Hall–Kier alpha value is -9.94. The number of aliphatic hydroxyl groups is 4. The van der Waals surface area contributed by atoms with Gasteiger partial charge in [-0.05, 0) is 94.1 Å². The number of nitrogens with zero attached hydrogens (tertiary/aromatic N) is 2. The molecule has 614 valence electrons. The van der Waals surface area contributed by atoms with Crippen LogP contribution >= 0.6 is 0 Å². The SMILES string of the molecule is CC[C@H](C)[C@@H]1NC(=O)[C@@H](CCCNc2nc(C)cc(C)n2)NC(=O)[C@H](CC(C)C)NC(=O)[C@H]([C@H](O)C(C)C)NC(=O)[C@@H](NC(=O)[C@H](CC(C)C)NC(=O)[C@H](N)CC(C)C)[C@@H](c2ccccc2)OC(=O)[C@H](CO)NC(=O)[C@H]([C@H](O)C(N)=O)NC(=O)CNC(=O)[C@H]([C@H](C)O)NC1=O.O=C(O)C(F)(F)F.O=C(O)C(F)(F)F. The number of amides is 11. The Labute approximate surface area is 624 Å². The van der Waals surface area contributed by atoms with E-state index in [-0.39, 0.29) is 74.3 Å². The fourth-order valence-electron chi connectivity index (χ4n) is 10.1. The van der Waals surface area contributed by atoms with Crippen molar-refractivity contribution in [2.24, 2.45) is 41.1 Å². The van der Waals surface area contributed by atoms with Gasteiger partial charge in [0.05, 0.1) is 31.4 Å². The number of nitrogens with one attached hydrogen (secondary N) is 11. The van der Waals surface area contributed by atoms with E-state index in [0.717, 1.165) is 6.92 Å². The number of ether oxygens (including phenoxy) is 1. The first-order valence-corrected chi connectivity index (χ1v) is 34.5. The highest BCUT2D eigenvalue weighted by atomic mass is 19.4. The summed E-state index contributed by atoms with van der Waals surface area (Å²) in [6, 6.07) is -8.87. The molecule has 42 heteroatoms. The van der Waals surface area contributed by atoms with Crippen molar-refractivity contribution in [2.75, 3.05) is 25.0 Å². The van der Waals surface area contributed by atoms with Crippen LogP contribution in [0.4, 0.5) is 32.3 Å². The number of esters is 1. The quantitative estimate of drug-likeness (QED) is 0.0309. The summed E-state index contributed by atoms with van der Waals surface area (Å²) in [6.07, 6.45) is -18.0. The number of carboxylic acids is 2. The third-order valence-corrected chi connectivity index (χ3v) is 15.9. The third kappa shape index (κ3) is 34.5. The fourth-order valence-corrected chi connectivity index (χ4v) is 10.1. The number of benzene rings is 1. The summed E-state index contributed by atoms with van der Waals surface area (Å²) in [5.74, 6) is -22.0. The van der Waals surface area contributed by atoms with Gasteiger partial charge < -0.3 is 105 Å². The first-order chi connectivity index (χ1) is 50.4. The van der Waals surface area contributed by atoms with Gasteiger partial charge >= 0.3 is 30.3 Å². The van der Waals surface area contributed by atoms with E-state index in [1.54, 1.807) is 61.5 Å². The molecule has 0 unspecified atom stereocenters. The monoisotopic (exact) mass is 1570 g/mol. The normalized spacial score (nSPS) is 22.4. The second-order valence-electron chi connectivity index (χ2n) is 27.3. The highest BCUT2D eigenvalue weighted by Gasteiger charge is 2.45. The standard InChI is InChI=1S/C63H101N15O17.2C2HF3O2/c1-14-33(10)44-58(90)76-45(36(13)80)57(89)67-27-43(81)74-47(50(83)52(65)84)60(92)73-42(28-79)62(94)95-51(37-19-16-15-17-20-37)48(78-56(88)41(25-31(6)7)71-53(85)38(64)23-29(2)3)61(93)77-46(49(82)32(8)9)59(91)72-40(24-30(4)5)55(87)70-39(54(86)75-44)21-18-22-66-63-68-34(11)26-35(12)69-63;2*3-2(4,5)1(6)7/h15-17,19-20,26,29-33,36,38-42,44-51,79-80,82-83H,14,18,21-25,27-28,64H2,1-13H3,(H2,65,84)(H,67,89)(H,70,87)(H,71,85)(H,72,91)(H,73,92)(H,74,81)(H,75,86)(H,76,90)(H,77,93)(H,78,88)(H,66,68,69);2*(H,6,7)/t33-,36-,38+,39+,40-,41-,42-,44-,45-,46-,47-,48-,49+,50-,51+;;/m0../s1. The van der Waals surface area contributed by atoms with Gasteiger partial charge in [0, 0.05) is 17.9 Å². The number of aliphatic hydroxyl groups excluding tert-OH is 4. The zero-order valence-corrected chi connectivity index (χ0v) is 62.4. The molecular weight excluding hydrogens is 1460 g/mol. The fraction of sp³-hybridized carbons (Fsp3) is 0.642. The molecule has 1 aromatic carbocycles. The lowest BCUT2D eigenvalue weighted by atomic mass is 9.95. The summed E-state index contributed by atoms with van der Waals surface area (Å²) in [4.78, 5) is 198. The van der Waals surface area contributed by atoms with Crippen molar-refractivity contribution >= 4 is 88.8 Å². The number of halogens is 6. The summed E-state index contributed by atoms with van der Waals surface area (Å²) in [5.41, 5.74) is 12.9. The lowest BCUT2D eigenvalue weighted by Crippen LogP contribution is -2.64. The van der Waals surface area contributed by atoms with Crippen LogP contribution in [-0.4, -0.2) is 234 Å². The van der Waals surface area contributed by atoms with E-state index in [2.05, 4.69) is 57.8 Å². The van der Waals surface area contributed by atoms with Gasteiger partial charge in [-0.1, -0.05) is 106 Å². The highest BCUT2D eigenvalue weighted by Crippen LogP contribution is 2.25. The van der Waals surface area contributed by atoms with Crippen LogP contribution in [0.5, 0.6) is 0 Å². The molecule has 109 heavy (non-hydrogen) atoms. The molecule has 2 aromatic rings. The molecular formula is C67H103F6N15O21. The summed E-state index contributed by atoms with van der Waals surface area (Å²) in [7, 11) is 0. The second kappa shape index (κ2) is 45.8. The van der Waals surface area contributed by atoms with E-state index in [9.17, 15) is 94.7 Å². The van der Waals surface area contributed by atoms with E-state index >= 15 is 9.59 Å². The van der Waals surface area contributed by atoms with Crippen molar-refractivity contribution in [3.05, 3.63) is 53.3 Å². The van der Waals surface area contributed by atoms with Gasteiger partial charge in [-0.15, -0.1) is 0 Å². The maximum absolute atomic E-state index is 15.4. The number of rotatable bonds is 24. The number of primary amides is 1. The lowest BCUT2D eigenvalue weighted by Gasteiger charge is -2.34. The van der Waals surface area contributed by atoms with Gasteiger partial charge in [-0.2, -0.15) is 26.3 Å². The van der Waals surface area contributed by atoms with Crippen molar-refractivity contribution in [1.29, 1.82) is 0 Å². The van der Waals surface area contributed by atoms with Crippen LogP contribution in [0, 0.1) is 43.4 Å². The Morgan fingerprint density at radius 2 is 1.11 bits per heavy atom. The van der Waals surface area contributed by atoms with Crippen LogP contribution in [0.1, 0.15) is 138 Å². The van der Waals surface area contributed by atoms with Gasteiger partial charge in [0.1, 0.15) is 48.3 Å². The van der Waals surface area contributed by atoms with Crippen molar-refractivity contribution in [3.63, 3.8) is 0 Å². The maximum atomic E-state index is 15.4. The highest BCUT2D eigenvalue weighted by molar-refractivity contribution is 6.00. The molecule has 1 aliphatic rings. The van der Waals surface area contributed by atoms with Gasteiger partial charge in [0.2, 0.25) is 70.9 Å². The van der Waals surface area contributed by atoms with Crippen LogP contribution in [0.2, 0.25) is 0 Å². The molecule has 0 saturated carbocycles. The van der Waals surface area contributed by atoms with Crippen LogP contribution < -0.4 is 70.0 Å². The Bertz CT molecular complexity index is 3370. The first-order valence-electron chi connectivity index (χ1n) is 34.5. The second-order valence-corrected chi connectivity index (χ2v) is 27.3. The van der Waals surface area contributed by atoms with E-state index < -0.39 is 205 Å². The smallest absolute Gasteiger partial charge is 0.475 e. The molecule has 2 heterocycles. The molecule has 36 nitrogen and oxygen atoms in total. The number of hydrogen-bond donors (Lipinski definition) is 19. The number of cyclic esters (lactones) is 1. The summed E-state index contributed by atoms with van der Waals surface area (Å²) in [6.45, 7) is 19.2. The minimum absolute atomic E-state index is 0.0531. The summed E-state index contributed by atoms with van der Waals surface area (Å²) in [5, 5.41) is 86.0. The predicted molar refractivity (Wildman–Crippen MR) is 373 cm³/mol. The number of alkyl halides is 6. The summed E-state index contributed by atoms with van der Waals surface area (Å²) < 4.78 is 69.4. The molecule has 15 atom stereocenters. The predicted octanol–water partition coefficient (Wildman–Crippen LogP) is -1.92. The Kier molecular flexibility index (Phi) is 40.8. The molecule has 0 bridgehead atoms. The summed E-state index contributed by atoms with van der Waals surface area (Å²) >= 11 is 0. The number of carbonyl (C=O) groups is 14. The number of aliphatic carboxylic acids is 2. The van der Waals surface area contributed by atoms with Crippen LogP contribution in [0.3, 0.4) is 0 Å². The number of aryl methyl sites for hydroxylation is 2. The topological polar surface area (TPSA) is 580 Å². The molecule has 0 radical (unpaired) electrons. The van der Waals surface area contributed by atoms with E-state index in [4.69, 9.17) is 36.0 Å². The number of anilines is 1. The molecule has 11 amide bonds. The molecule has 1 aliphatic heterocycles. The van der Waals surface area contributed by atoms with E-state index in [1.165, 1.54) is 44.2 Å². The van der Waals surface area contributed by atoms with Crippen LogP contribution in [0.25, 0.3) is 0 Å². The average molecular weight is 1570 g/mol. The van der Waals surface area contributed by atoms with Crippen molar-refractivity contribution in [1.82, 2.24) is 63.1 Å². The van der Waals surface area contributed by atoms with Gasteiger partial charge in [0.25, 0.3) is 0 Å². The van der Waals surface area contributed by atoms with Crippen LogP contribution in [-0.2, 0) is 71.9 Å².